The van der Waals surface area contributed by atoms with Crippen LogP contribution in [-0.2, 0) is 28.5 Å². The Balaban J connectivity index is 1.33. The van der Waals surface area contributed by atoms with Crippen molar-refractivity contribution in [1.82, 2.24) is 19.5 Å². The SMILES string of the molecule is CC(C)OC1C(COC(=O)CCCC(=O)Oc2ccc(/C=C/[N+](=O)[O-])cc2)OC(n2cnc3c(N)ncnc32)C1OC(C)C. The molecule has 1 aromatic carbocycles. The van der Waals surface area contributed by atoms with Gasteiger partial charge in [-0.3, -0.25) is 24.3 Å². The van der Waals surface area contributed by atoms with Gasteiger partial charge in [0.05, 0.1) is 23.5 Å². The number of nitrogens with two attached hydrogens (primary N) is 1. The number of fused-ring (bicyclic) bond motifs is 1. The molecule has 0 radical (unpaired) electrons. The van der Waals surface area contributed by atoms with Gasteiger partial charge >= 0.3 is 11.9 Å². The van der Waals surface area contributed by atoms with Crippen molar-refractivity contribution in [2.24, 2.45) is 0 Å². The van der Waals surface area contributed by atoms with Gasteiger partial charge in [0.1, 0.15) is 42.5 Å². The van der Waals surface area contributed by atoms with E-state index in [0.717, 1.165) is 6.20 Å². The maximum Gasteiger partial charge on any atom is 0.311 e. The minimum absolute atomic E-state index is 0.0117. The zero-order valence-electron chi connectivity index (χ0n) is 24.9. The first-order valence-corrected chi connectivity index (χ1v) is 14.2. The van der Waals surface area contributed by atoms with Gasteiger partial charge in [-0.15, -0.1) is 0 Å². The Bertz CT molecular complexity index is 1470. The van der Waals surface area contributed by atoms with Crippen LogP contribution in [0, 0.1) is 10.1 Å². The minimum atomic E-state index is -0.697. The average molecular weight is 613 g/mol. The third kappa shape index (κ3) is 8.55. The van der Waals surface area contributed by atoms with Crippen molar-refractivity contribution < 1.29 is 38.2 Å². The summed E-state index contributed by atoms with van der Waals surface area (Å²) in [7, 11) is 0. The predicted molar refractivity (Wildman–Crippen MR) is 157 cm³/mol. The standard InChI is InChI=1S/C29H36N6O9/c1-17(2)41-25-21(44-29(26(25)42-18(3)4)34-16-33-24-27(30)31-15-32-28(24)34)14-40-22(36)6-5-7-23(37)43-20-10-8-19(9-11-20)12-13-35(38)39/h8-13,15-18,21,25-26,29H,5-7,14H2,1-4H3,(H2,30,31,32)/b13-12+. The van der Waals surface area contributed by atoms with E-state index in [0.29, 0.717) is 16.7 Å². The fourth-order valence-electron chi connectivity index (χ4n) is 4.66. The summed E-state index contributed by atoms with van der Waals surface area (Å²) < 4.78 is 31.3. The maximum absolute atomic E-state index is 12.6. The monoisotopic (exact) mass is 612 g/mol. The molecule has 4 atom stereocenters. The van der Waals surface area contributed by atoms with E-state index in [1.54, 1.807) is 23.0 Å². The molecule has 44 heavy (non-hydrogen) atoms. The van der Waals surface area contributed by atoms with E-state index in [-0.39, 0.29) is 49.6 Å². The first kappa shape index (κ1) is 32.4. The molecule has 3 aromatic rings. The molecule has 0 bridgehead atoms. The Morgan fingerprint density at radius 1 is 1.05 bits per heavy atom. The zero-order valence-corrected chi connectivity index (χ0v) is 24.9. The Morgan fingerprint density at radius 2 is 1.73 bits per heavy atom. The van der Waals surface area contributed by atoms with Gasteiger partial charge < -0.3 is 29.4 Å². The summed E-state index contributed by atoms with van der Waals surface area (Å²) in [5, 5.41) is 10.4. The number of hydrogen-bond acceptors (Lipinski definition) is 13. The predicted octanol–water partition coefficient (Wildman–Crippen LogP) is 3.46. The number of carbonyl (C=O) groups excluding carboxylic acids is 2. The Hall–Kier alpha value is -4.47. The van der Waals surface area contributed by atoms with Crippen molar-refractivity contribution in [1.29, 1.82) is 0 Å². The third-order valence-corrected chi connectivity index (χ3v) is 6.48. The van der Waals surface area contributed by atoms with Crippen LogP contribution >= 0.6 is 0 Å². The smallest absolute Gasteiger partial charge is 0.311 e. The number of aromatic nitrogens is 4. The molecule has 2 N–H and O–H groups in total. The normalized spacial score (nSPS) is 20.1. The lowest BCUT2D eigenvalue weighted by molar-refractivity contribution is -0.400. The highest BCUT2D eigenvalue weighted by molar-refractivity contribution is 5.81. The number of ether oxygens (including phenoxy) is 5. The number of nitrogen functional groups attached to an aromatic ring is 1. The first-order chi connectivity index (χ1) is 21.0. The first-order valence-electron chi connectivity index (χ1n) is 14.2. The molecule has 236 valence electrons. The molecule has 15 nitrogen and oxygen atoms in total. The van der Waals surface area contributed by atoms with Gasteiger partial charge in [-0.1, -0.05) is 12.1 Å². The van der Waals surface area contributed by atoms with Crippen LogP contribution in [0.5, 0.6) is 5.75 Å². The molecule has 4 unspecified atom stereocenters. The number of anilines is 1. The zero-order chi connectivity index (χ0) is 31.8. The summed E-state index contributed by atoms with van der Waals surface area (Å²) in [5.41, 5.74) is 7.45. The summed E-state index contributed by atoms with van der Waals surface area (Å²) in [6, 6.07) is 6.23. The fraction of sp³-hybridized carbons (Fsp3) is 0.483. The van der Waals surface area contributed by atoms with E-state index in [2.05, 4.69) is 15.0 Å². The van der Waals surface area contributed by atoms with Crippen molar-refractivity contribution in [2.45, 2.75) is 83.7 Å². The number of nitro groups is 1. The number of imidazole rings is 1. The highest BCUT2D eigenvalue weighted by Gasteiger charge is 2.49. The van der Waals surface area contributed by atoms with Gasteiger partial charge in [-0.05, 0) is 51.8 Å². The molecule has 1 aliphatic rings. The topological polar surface area (TPSA) is 193 Å². The largest absolute Gasteiger partial charge is 0.463 e. The van der Waals surface area contributed by atoms with Crippen molar-refractivity contribution >= 4 is 35.0 Å². The summed E-state index contributed by atoms with van der Waals surface area (Å²) in [6.07, 6.45) is 2.37. The van der Waals surface area contributed by atoms with E-state index in [4.69, 9.17) is 29.4 Å². The van der Waals surface area contributed by atoms with Crippen LogP contribution in [0.2, 0.25) is 0 Å². The number of hydrogen-bond donors (Lipinski definition) is 1. The summed E-state index contributed by atoms with van der Waals surface area (Å²) in [4.78, 5) is 47.4. The van der Waals surface area contributed by atoms with E-state index in [1.807, 2.05) is 27.7 Å². The average Bonchev–Trinajstić information content (AvgIpc) is 3.53. The number of benzene rings is 1. The molecule has 3 heterocycles. The second kappa shape index (κ2) is 14.8. The maximum atomic E-state index is 12.6. The van der Waals surface area contributed by atoms with Crippen molar-refractivity contribution in [3.63, 3.8) is 0 Å². The van der Waals surface area contributed by atoms with Crippen molar-refractivity contribution in [2.75, 3.05) is 12.3 Å². The second-order valence-corrected chi connectivity index (χ2v) is 10.6. The van der Waals surface area contributed by atoms with E-state index in [9.17, 15) is 19.7 Å². The highest BCUT2D eigenvalue weighted by atomic mass is 16.6. The van der Waals surface area contributed by atoms with Gasteiger partial charge in [-0.2, -0.15) is 0 Å². The van der Waals surface area contributed by atoms with Crippen molar-refractivity contribution in [3.8, 4) is 5.75 Å². The molecule has 1 fully saturated rings. The van der Waals surface area contributed by atoms with Gasteiger partial charge in [0.25, 0.3) is 0 Å². The van der Waals surface area contributed by atoms with Crippen LogP contribution in [0.25, 0.3) is 17.2 Å². The number of nitrogens with zero attached hydrogens (tertiary/aromatic N) is 5. The fourth-order valence-corrected chi connectivity index (χ4v) is 4.66. The Labute approximate surface area is 253 Å². The highest BCUT2D eigenvalue weighted by Crippen LogP contribution is 2.37. The molecule has 1 saturated heterocycles. The van der Waals surface area contributed by atoms with Crippen LogP contribution in [0.3, 0.4) is 0 Å². The minimum Gasteiger partial charge on any atom is -0.463 e. The summed E-state index contributed by atoms with van der Waals surface area (Å²) in [5.74, 6) is -0.509. The molecular formula is C29H36N6O9. The van der Waals surface area contributed by atoms with Crippen LogP contribution in [0.4, 0.5) is 5.82 Å². The molecule has 2 aromatic heterocycles. The van der Waals surface area contributed by atoms with Crippen molar-refractivity contribution in [3.05, 3.63) is 58.8 Å². The lowest BCUT2D eigenvalue weighted by Crippen LogP contribution is -2.41. The van der Waals surface area contributed by atoms with Crippen LogP contribution in [-0.4, -0.2) is 73.5 Å². The van der Waals surface area contributed by atoms with Crippen LogP contribution in [0.15, 0.2) is 43.1 Å². The molecule has 1 aliphatic heterocycles. The number of rotatable bonds is 14. The van der Waals surface area contributed by atoms with Gasteiger partial charge in [0.2, 0.25) is 6.20 Å². The van der Waals surface area contributed by atoms with Gasteiger partial charge in [-0.25, -0.2) is 15.0 Å². The third-order valence-electron chi connectivity index (χ3n) is 6.48. The molecule has 0 saturated carbocycles. The van der Waals surface area contributed by atoms with Gasteiger partial charge in [0, 0.05) is 18.9 Å². The lowest BCUT2D eigenvalue weighted by atomic mass is 10.1. The summed E-state index contributed by atoms with van der Waals surface area (Å²) in [6.45, 7) is 7.49. The molecule has 15 heteroatoms. The van der Waals surface area contributed by atoms with Crippen LogP contribution < -0.4 is 10.5 Å². The quantitative estimate of drug-likeness (QED) is 0.120. The lowest BCUT2D eigenvalue weighted by Gasteiger charge is -2.28. The molecule has 0 amide bonds. The Morgan fingerprint density at radius 3 is 2.41 bits per heavy atom. The molecular weight excluding hydrogens is 576 g/mol. The van der Waals surface area contributed by atoms with E-state index >= 15 is 0 Å². The molecule has 0 aliphatic carbocycles. The Kier molecular flexibility index (Phi) is 10.9. The molecule has 4 rings (SSSR count). The number of carbonyl (C=O) groups is 2. The molecule has 0 spiro atoms. The van der Waals surface area contributed by atoms with Crippen LogP contribution in [0.1, 0.15) is 58.7 Å². The van der Waals surface area contributed by atoms with E-state index in [1.165, 1.54) is 24.5 Å². The van der Waals surface area contributed by atoms with Gasteiger partial charge in [0.15, 0.2) is 17.7 Å². The second-order valence-electron chi connectivity index (χ2n) is 10.6. The number of esters is 2. The van der Waals surface area contributed by atoms with E-state index < -0.39 is 41.4 Å². The summed E-state index contributed by atoms with van der Waals surface area (Å²) >= 11 is 0.